The van der Waals surface area contributed by atoms with Crippen LogP contribution in [0.25, 0.3) is 0 Å². The summed E-state index contributed by atoms with van der Waals surface area (Å²) in [5.74, 6) is 0.0695. The van der Waals surface area contributed by atoms with Gasteiger partial charge in [0.2, 0.25) is 5.91 Å². The summed E-state index contributed by atoms with van der Waals surface area (Å²) in [6.07, 6.45) is -2.64. The molecule has 10 heteroatoms. The Morgan fingerprint density at radius 3 is 2.71 bits per heavy atom. The molecule has 134 valence electrons. The molecule has 0 spiro atoms. The Morgan fingerprint density at radius 1 is 1.38 bits per heavy atom. The van der Waals surface area contributed by atoms with Crippen molar-refractivity contribution < 1.29 is 22.8 Å². The van der Waals surface area contributed by atoms with Gasteiger partial charge in [0.15, 0.2) is 0 Å². The lowest BCUT2D eigenvalue weighted by molar-refractivity contribution is -0.138. The Labute approximate surface area is 137 Å². The van der Waals surface area contributed by atoms with E-state index < -0.39 is 17.8 Å². The van der Waals surface area contributed by atoms with Crippen LogP contribution in [0.1, 0.15) is 24.1 Å². The molecule has 1 aliphatic heterocycles. The van der Waals surface area contributed by atoms with E-state index in [4.69, 9.17) is 0 Å². The molecule has 1 unspecified atom stereocenters. The van der Waals surface area contributed by atoms with Crippen molar-refractivity contribution in [3.8, 4) is 0 Å². The van der Waals surface area contributed by atoms with E-state index in [1.807, 2.05) is 0 Å². The predicted molar refractivity (Wildman–Crippen MR) is 78.8 cm³/mol. The average Bonchev–Trinajstić information content (AvgIpc) is 2.87. The molecule has 0 radical (unpaired) electrons. The van der Waals surface area contributed by atoms with Crippen LogP contribution in [0.4, 0.5) is 18.0 Å². The number of hydrogen-bond acceptors (Lipinski definition) is 3. The molecular weight excluding hydrogens is 327 g/mol. The zero-order valence-electron chi connectivity index (χ0n) is 13.5. The van der Waals surface area contributed by atoms with Crippen molar-refractivity contribution >= 4 is 11.9 Å². The number of carbonyl (C=O) groups excluding carboxylic acids is 2. The number of nitrogens with one attached hydrogen (secondary N) is 2. The maximum Gasteiger partial charge on any atom is 0.419 e. The highest BCUT2D eigenvalue weighted by molar-refractivity contribution is 5.77. The molecule has 1 fully saturated rings. The predicted octanol–water partition coefficient (Wildman–Crippen LogP) is 1.11. The van der Waals surface area contributed by atoms with E-state index in [2.05, 4.69) is 15.7 Å². The van der Waals surface area contributed by atoms with Crippen molar-refractivity contribution in [2.24, 2.45) is 13.0 Å². The summed E-state index contributed by atoms with van der Waals surface area (Å²) in [4.78, 5) is 25.0. The first kappa shape index (κ1) is 18.1. The molecule has 0 bridgehead atoms. The molecule has 0 aliphatic carbocycles. The summed E-state index contributed by atoms with van der Waals surface area (Å²) >= 11 is 0. The lowest BCUT2D eigenvalue weighted by Crippen LogP contribution is -2.43. The monoisotopic (exact) mass is 347 g/mol. The Bertz CT molecular complexity index is 614. The molecule has 0 saturated carbocycles. The molecule has 24 heavy (non-hydrogen) atoms. The van der Waals surface area contributed by atoms with Crippen LogP contribution in [0.5, 0.6) is 0 Å². The number of nitrogens with zero attached hydrogens (tertiary/aromatic N) is 3. The van der Waals surface area contributed by atoms with Crippen LogP contribution in [0.3, 0.4) is 0 Å². The quantitative estimate of drug-likeness (QED) is 0.856. The SMILES string of the molecule is CN1CCC(CNC(=O)NCc2c(C(F)(F)F)cnn2C)CC1=O. The molecule has 2 rings (SSSR count). The number of alkyl halides is 3. The second-order valence-corrected chi connectivity index (χ2v) is 5.86. The maximum absolute atomic E-state index is 12.8. The van der Waals surface area contributed by atoms with Gasteiger partial charge in [0.25, 0.3) is 0 Å². The van der Waals surface area contributed by atoms with E-state index >= 15 is 0 Å². The minimum atomic E-state index is -4.52. The molecule has 2 heterocycles. The number of piperidine rings is 1. The van der Waals surface area contributed by atoms with E-state index in [9.17, 15) is 22.8 Å². The largest absolute Gasteiger partial charge is 0.419 e. The lowest BCUT2D eigenvalue weighted by atomic mass is 9.97. The number of aryl methyl sites for hydroxylation is 1. The number of amides is 3. The zero-order valence-corrected chi connectivity index (χ0v) is 13.5. The molecule has 1 aromatic heterocycles. The first-order valence-electron chi connectivity index (χ1n) is 7.52. The van der Waals surface area contributed by atoms with E-state index in [0.717, 1.165) is 17.3 Å². The highest BCUT2D eigenvalue weighted by Crippen LogP contribution is 2.31. The third-order valence-electron chi connectivity index (χ3n) is 4.10. The minimum Gasteiger partial charge on any atom is -0.346 e. The van der Waals surface area contributed by atoms with E-state index in [1.54, 1.807) is 11.9 Å². The number of urea groups is 1. The van der Waals surface area contributed by atoms with Crippen LogP contribution in [0.15, 0.2) is 6.20 Å². The summed E-state index contributed by atoms with van der Waals surface area (Å²) in [6.45, 7) is 0.656. The van der Waals surface area contributed by atoms with Crippen molar-refractivity contribution in [1.82, 2.24) is 25.3 Å². The number of aromatic nitrogens is 2. The van der Waals surface area contributed by atoms with E-state index in [0.29, 0.717) is 19.5 Å². The Kier molecular flexibility index (Phi) is 5.35. The van der Waals surface area contributed by atoms with Crippen molar-refractivity contribution in [2.45, 2.75) is 25.6 Å². The van der Waals surface area contributed by atoms with Crippen molar-refractivity contribution in [3.05, 3.63) is 17.5 Å². The van der Waals surface area contributed by atoms with Crippen LogP contribution in [0, 0.1) is 5.92 Å². The van der Waals surface area contributed by atoms with Gasteiger partial charge in [-0.05, 0) is 12.3 Å². The van der Waals surface area contributed by atoms with Crippen molar-refractivity contribution in [1.29, 1.82) is 0 Å². The summed E-state index contributed by atoms with van der Waals surface area (Å²) in [5, 5.41) is 8.57. The number of rotatable bonds is 4. The van der Waals surface area contributed by atoms with Crippen LogP contribution in [0.2, 0.25) is 0 Å². The molecular formula is C14H20F3N5O2. The van der Waals surface area contributed by atoms with Gasteiger partial charge in [0, 0.05) is 33.6 Å². The van der Waals surface area contributed by atoms with E-state index in [-0.39, 0.29) is 24.1 Å². The van der Waals surface area contributed by atoms with Crippen LogP contribution in [-0.4, -0.2) is 46.8 Å². The van der Waals surface area contributed by atoms with E-state index in [1.165, 1.54) is 7.05 Å². The van der Waals surface area contributed by atoms with Crippen LogP contribution in [-0.2, 0) is 24.6 Å². The number of likely N-dealkylation sites (tertiary alicyclic amines) is 1. The standard InChI is InChI=1S/C14H20F3N5O2/c1-21-4-3-9(5-12(21)23)6-18-13(24)19-8-11-10(14(15,16)17)7-20-22(11)2/h7,9H,3-6,8H2,1-2H3,(H2,18,19,24). The summed E-state index contributed by atoms with van der Waals surface area (Å²) in [6, 6.07) is -0.573. The third-order valence-corrected chi connectivity index (χ3v) is 4.10. The molecule has 1 atom stereocenters. The van der Waals surface area contributed by atoms with Gasteiger partial charge in [0.05, 0.1) is 24.0 Å². The molecule has 7 nitrogen and oxygen atoms in total. The van der Waals surface area contributed by atoms with Gasteiger partial charge in [0.1, 0.15) is 0 Å². The molecule has 3 amide bonds. The topological polar surface area (TPSA) is 79.3 Å². The van der Waals surface area contributed by atoms with Gasteiger partial charge < -0.3 is 15.5 Å². The second-order valence-electron chi connectivity index (χ2n) is 5.86. The van der Waals surface area contributed by atoms with Gasteiger partial charge in [-0.3, -0.25) is 9.48 Å². The number of halogens is 3. The smallest absolute Gasteiger partial charge is 0.346 e. The molecule has 1 saturated heterocycles. The lowest BCUT2D eigenvalue weighted by Gasteiger charge is -2.28. The fraction of sp³-hybridized carbons (Fsp3) is 0.643. The van der Waals surface area contributed by atoms with Gasteiger partial charge >= 0.3 is 12.2 Å². The molecule has 1 aromatic rings. The average molecular weight is 347 g/mol. The van der Waals surface area contributed by atoms with Crippen molar-refractivity contribution in [3.63, 3.8) is 0 Å². The van der Waals surface area contributed by atoms with Gasteiger partial charge in [-0.2, -0.15) is 18.3 Å². The zero-order chi connectivity index (χ0) is 17.9. The fourth-order valence-electron chi connectivity index (χ4n) is 2.55. The normalized spacial score (nSPS) is 18.6. The van der Waals surface area contributed by atoms with Gasteiger partial charge in [-0.15, -0.1) is 0 Å². The Morgan fingerprint density at radius 2 is 2.08 bits per heavy atom. The van der Waals surface area contributed by atoms with Crippen molar-refractivity contribution in [2.75, 3.05) is 20.1 Å². The summed E-state index contributed by atoms with van der Waals surface area (Å²) < 4.78 is 39.6. The first-order valence-corrected chi connectivity index (χ1v) is 7.52. The first-order chi connectivity index (χ1) is 11.2. The van der Waals surface area contributed by atoms with Gasteiger partial charge in [-0.25, -0.2) is 4.79 Å². The highest BCUT2D eigenvalue weighted by Gasteiger charge is 2.35. The number of hydrogen-bond donors (Lipinski definition) is 2. The molecule has 0 aromatic carbocycles. The minimum absolute atomic E-state index is 0.0261. The van der Waals surface area contributed by atoms with Crippen LogP contribution < -0.4 is 10.6 Å². The molecule has 2 N–H and O–H groups in total. The highest BCUT2D eigenvalue weighted by atomic mass is 19.4. The van der Waals surface area contributed by atoms with Gasteiger partial charge in [-0.1, -0.05) is 0 Å². The summed E-state index contributed by atoms with van der Waals surface area (Å²) in [7, 11) is 3.11. The third kappa shape index (κ3) is 4.39. The summed E-state index contributed by atoms with van der Waals surface area (Å²) in [5.41, 5.74) is -0.988. The van der Waals surface area contributed by atoms with Crippen LogP contribution >= 0.6 is 0 Å². The Balaban J connectivity index is 1.82. The number of carbonyl (C=O) groups is 2. The Hall–Kier alpha value is -2.26. The maximum atomic E-state index is 12.8. The fourth-order valence-corrected chi connectivity index (χ4v) is 2.55. The molecule has 1 aliphatic rings. The second kappa shape index (κ2) is 7.10.